The lowest BCUT2D eigenvalue weighted by Gasteiger charge is -2.21. The van der Waals surface area contributed by atoms with E-state index >= 15 is 0 Å². The number of carbonyl (C=O) groups is 1. The van der Waals surface area contributed by atoms with Crippen molar-refractivity contribution in [2.24, 2.45) is 11.3 Å². The predicted octanol–water partition coefficient (Wildman–Crippen LogP) is 4.60. The van der Waals surface area contributed by atoms with Gasteiger partial charge in [0, 0.05) is 17.8 Å². The van der Waals surface area contributed by atoms with E-state index < -0.39 is 0 Å². The molecule has 0 saturated carbocycles. The summed E-state index contributed by atoms with van der Waals surface area (Å²) in [4.78, 5) is 11.7. The van der Waals surface area contributed by atoms with E-state index in [0.29, 0.717) is 6.42 Å². The molecule has 20 heavy (non-hydrogen) atoms. The van der Waals surface area contributed by atoms with Crippen molar-refractivity contribution in [3.05, 3.63) is 48.6 Å². The average molecular weight is 272 g/mol. The highest BCUT2D eigenvalue weighted by Gasteiger charge is 2.19. The quantitative estimate of drug-likeness (QED) is 0.736. The molecule has 0 aliphatic rings. The number of carbonyl (C=O) groups excluding carboxylic acids is 1. The van der Waals surface area contributed by atoms with Crippen LogP contribution in [0.4, 0.5) is 0 Å². The maximum atomic E-state index is 11.7. The molecular formula is C18H24O2. The van der Waals surface area contributed by atoms with Crippen LogP contribution in [0.15, 0.2) is 43.0 Å². The molecule has 0 aliphatic carbocycles. The summed E-state index contributed by atoms with van der Waals surface area (Å²) in [6.45, 7) is 9.81. The fraction of sp³-hybridized carbons (Fsp3) is 0.389. The van der Waals surface area contributed by atoms with E-state index in [2.05, 4.69) is 19.6 Å². The Morgan fingerprint density at radius 2 is 1.95 bits per heavy atom. The summed E-state index contributed by atoms with van der Waals surface area (Å²) in [5.41, 5.74) is 0.827. The highest BCUT2D eigenvalue weighted by molar-refractivity contribution is 5.80. The van der Waals surface area contributed by atoms with Crippen molar-refractivity contribution in [1.29, 1.82) is 0 Å². The molecule has 1 atom stereocenters. The Morgan fingerprint density at radius 3 is 2.45 bits per heavy atom. The number of Topliss-reactive ketones (excluding diaryl/α,β-unsaturated/α-hetero) is 1. The maximum Gasteiger partial charge on any atom is 0.135 e. The Hall–Kier alpha value is -1.83. The highest BCUT2D eigenvalue weighted by Crippen LogP contribution is 2.28. The van der Waals surface area contributed by atoms with E-state index in [0.717, 1.165) is 12.0 Å². The van der Waals surface area contributed by atoms with Crippen LogP contribution in [0.3, 0.4) is 0 Å². The van der Waals surface area contributed by atoms with Crippen molar-refractivity contribution in [2.45, 2.75) is 33.6 Å². The van der Waals surface area contributed by atoms with E-state index in [1.807, 2.05) is 38.1 Å². The van der Waals surface area contributed by atoms with Crippen LogP contribution in [0, 0.1) is 11.3 Å². The van der Waals surface area contributed by atoms with Crippen molar-refractivity contribution < 1.29 is 9.90 Å². The number of hydrogen-bond acceptors (Lipinski definition) is 2. The molecule has 0 radical (unpaired) electrons. The van der Waals surface area contributed by atoms with Gasteiger partial charge in [-0.2, -0.15) is 0 Å². The van der Waals surface area contributed by atoms with Gasteiger partial charge in [0.25, 0.3) is 0 Å². The van der Waals surface area contributed by atoms with Gasteiger partial charge in [0.1, 0.15) is 11.5 Å². The van der Waals surface area contributed by atoms with Crippen LogP contribution in [0.2, 0.25) is 0 Å². The van der Waals surface area contributed by atoms with Crippen LogP contribution in [-0.2, 0) is 4.79 Å². The van der Waals surface area contributed by atoms with Gasteiger partial charge in [-0.3, -0.25) is 4.79 Å². The van der Waals surface area contributed by atoms with Crippen molar-refractivity contribution in [1.82, 2.24) is 0 Å². The van der Waals surface area contributed by atoms with Gasteiger partial charge < -0.3 is 5.11 Å². The van der Waals surface area contributed by atoms with E-state index in [1.54, 1.807) is 12.1 Å². The van der Waals surface area contributed by atoms with E-state index in [9.17, 15) is 9.90 Å². The van der Waals surface area contributed by atoms with Gasteiger partial charge >= 0.3 is 0 Å². The highest BCUT2D eigenvalue weighted by atomic mass is 16.3. The maximum absolute atomic E-state index is 11.7. The Bertz CT molecular complexity index is 483. The summed E-state index contributed by atoms with van der Waals surface area (Å²) in [5.74, 6) is 0.636. The Kier molecular flexibility index (Phi) is 5.75. The number of ketones is 1. The minimum atomic E-state index is -0.192. The largest absolute Gasteiger partial charge is 0.508 e. The monoisotopic (exact) mass is 272 g/mol. The minimum Gasteiger partial charge on any atom is -0.508 e. The minimum absolute atomic E-state index is 0.0881. The van der Waals surface area contributed by atoms with Gasteiger partial charge in [-0.1, -0.05) is 51.1 Å². The molecule has 0 aromatic heterocycles. The Labute approximate surface area is 121 Å². The smallest absolute Gasteiger partial charge is 0.135 e. The number of hydrogen-bond donors (Lipinski definition) is 1. The summed E-state index contributed by atoms with van der Waals surface area (Å²) in [7, 11) is 0. The van der Waals surface area contributed by atoms with Crippen molar-refractivity contribution in [3.63, 3.8) is 0 Å². The molecule has 0 aliphatic heterocycles. The summed E-state index contributed by atoms with van der Waals surface area (Å²) in [6.07, 6.45) is 7.29. The van der Waals surface area contributed by atoms with Crippen molar-refractivity contribution in [2.75, 3.05) is 0 Å². The molecule has 1 rings (SSSR count). The molecule has 0 amide bonds. The fourth-order valence-corrected chi connectivity index (χ4v) is 1.81. The first-order chi connectivity index (χ1) is 9.36. The molecule has 1 aromatic rings. The number of phenolic OH excluding ortho intramolecular Hbond substituents is 1. The number of allylic oxidation sites excluding steroid dienone is 2. The second kappa shape index (κ2) is 7.09. The lowest BCUT2D eigenvalue weighted by atomic mass is 9.83. The van der Waals surface area contributed by atoms with Crippen LogP contribution >= 0.6 is 0 Å². The molecule has 0 heterocycles. The molecule has 0 saturated heterocycles. The summed E-state index contributed by atoms with van der Waals surface area (Å²) >= 11 is 0. The molecule has 0 bridgehead atoms. The lowest BCUT2D eigenvalue weighted by Crippen LogP contribution is -2.14. The second-order valence-corrected chi connectivity index (χ2v) is 5.76. The van der Waals surface area contributed by atoms with E-state index in [4.69, 9.17) is 0 Å². The summed E-state index contributed by atoms with van der Waals surface area (Å²) in [6, 6.07) is 7.03. The average Bonchev–Trinajstić information content (AvgIpc) is 2.44. The van der Waals surface area contributed by atoms with Crippen LogP contribution in [0.5, 0.6) is 5.75 Å². The molecule has 2 nitrogen and oxygen atoms in total. The first kappa shape index (κ1) is 16.2. The zero-order chi connectivity index (χ0) is 15.2. The van der Waals surface area contributed by atoms with Gasteiger partial charge in [0.15, 0.2) is 0 Å². The molecule has 0 spiro atoms. The van der Waals surface area contributed by atoms with Gasteiger partial charge in [0.05, 0.1) is 0 Å². The van der Waals surface area contributed by atoms with Gasteiger partial charge in [-0.05, 0) is 24.1 Å². The SMILES string of the molecule is C=C[C@@](C)(/C=C/c1ccc(O)cc1)CCC(=O)C(C)C. The van der Waals surface area contributed by atoms with Crippen molar-refractivity contribution in [3.8, 4) is 5.75 Å². The van der Waals surface area contributed by atoms with Gasteiger partial charge in [0.2, 0.25) is 0 Å². The number of aromatic hydroxyl groups is 1. The van der Waals surface area contributed by atoms with Crippen LogP contribution in [0.1, 0.15) is 39.2 Å². The third-order valence-corrected chi connectivity index (χ3v) is 3.57. The molecule has 1 aromatic carbocycles. The van der Waals surface area contributed by atoms with Crippen molar-refractivity contribution >= 4 is 11.9 Å². The third kappa shape index (κ3) is 5.04. The first-order valence-electron chi connectivity index (χ1n) is 7.01. The van der Waals surface area contributed by atoms with Crippen LogP contribution in [0.25, 0.3) is 6.08 Å². The zero-order valence-electron chi connectivity index (χ0n) is 12.6. The molecule has 1 N–H and O–H groups in total. The standard InChI is InChI=1S/C18H24O2/c1-5-18(4,13-11-17(20)14(2)3)12-10-15-6-8-16(19)9-7-15/h5-10,12,14,19H,1,11,13H2,2-4H3/b12-10+/t18-/m0/s1. The number of benzene rings is 1. The molecule has 108 valence electrons. The molecule has 2 heteroatoms. The number of rotatable bonds is 7. The zero-order valence-corrected chi connectivity index (χ0v) is 12.6. The first-order valence-corrected chi connectivity index (χ1v) is 7.01. The number of phenols is 1. The van der Waals surface area contributed by atoms with E-state index in [-0.39, 0.29) is 22.9 Å². The lowest BCUT2D eigenvalue weighted by molar-refractivity contribution is -0.122. The molecule has 0 unspecified atom stereocenters. The molecular weight excluding hydrogens is 248 g/mol. The third-order valence-electron chi connectivity index (χ3n) is 3.57. The van der Waals surface area contributed by atoms with Crippen LogP contribution in [-0.4, -0.2) is 10.9 Å². The van der Waals surface area contributed by atoms with Crippen LogP contribution < -0.4 is 0 Å². The summed E-state index contributed by atoms with van der Waals surface area (Å²) < 4.78 is 0. The predicted molar refractivity (Wildman–Crippen MR) is 84.5 cm³/mol. The Balaban J connectivity index is 2.71. The normalized spacial score (nSPS) is 14.4. The summed E-state index contributed by atoms with van der Waals surface area (Å²) in [5, 5.41) is 9.25. The van der Waals surface area contributed by atoms with Gasteiger partial charge in [-0.15, -0.1) is 6.58 Å². The fourth-order valence-electron chi connectivity index (χ4n) is 1.81. The Morgan fingerprint density at radius 1 is 1.35 bits per heavy atom. The van der Waals surface area contributed by atoms with E-state index in [1.165, 1.54) is 0 Å². The molecule has 0 fully saturated rings. The topological polar surface area (TPSA) is 37.3 Å². The van der Waals surface area contributed by atoms with Gasteiger partial charge in [-0.25, -0.2) is 0 Å². The second-order valence-electron chi connectivity index (χ2n) is 5.76.